The summed E-state index contributed by atoms with van der Waals surface area (Å²) in [6.45, 7) is 14.4. The minimum atomic E-state index is -0.479. The summed E-state index contributed by atoms with van der Waals surface area (Å²) in [5.41, 5.74) is 0.537. The summed E-state index contributed by atoms with van der Waals surface area (Å²) in [6.07, 6.45) is 14.4. The second kappa shape index (κ2) is 27.4. The fraction of sp³-hybridized carbons (Fsp3) is 0.667. The Balaban J connectivity index is 0.000000853. The monoisotopic (exact) mass is 618 g/mol. The second-order valence-corrected chi connectivity index (χ2v) is 11.7. The fourth-order valence-corrected chi connectivity index (χ4v) is 3.85. The largest absolute Gasteiger partial charge is 0.463 e. The van der Waals surface area contributed by atoms with Crippen LogP contribution in [0, 0.1) is 11.8 Å². The van der Waals surface area contributed by atoms with Crippen LogP contribution < -0.4 is 0 Å². The predicted octanol–water partition coefficient (Wildman–Crippen LogP) is 8.66. The molecule has 0 radical (unpaired) electrons. The number of esters is 4. The van der Waals surface area contributed by atoms with E-state index in [1.807, 2.05) is 13.8 Å². The fourth-order valence-electron chi connectivity index (χ4n) is 3.85. The summed E-state index contributed by atoms with van der Waals surface area (Å²) < 4.78 is 20.4. The highest BCUT2D eigenvalue weighted by molar-refractivity contribution is 6.03. The van der Waals surface area contributed by atoms with Crippen molar-refractivity contribution in [1.29, 1.82) is 0 Å². The van der Waals surface area contributed by atoms with Gasteiger partial charge in [0.25, 0.3) is 0 Å². The van der Waals surface area contributed by atoms with Gasteiger partial charge >= 0.3 is 23.9 Å². The summed E-state index contributed by atoms with van der Waals surface area (Å²) >= 11 is 0. The molecule has 1 rings (SSSR count). The first-order chi connectivity index (χ1) is 21.1. The maximum atomic E-state index is 11.9. The van der Waals surface area contributed by atoms with Gasteiger partial charge in [0.2, 0.25) is 0 Å². The van der Waals surface area contributed by atoms with E-state index in [4.69, 9.17) is 18.9 Å². The van der Waals surface area contributed by atoms with E-state index in [9.17, 15) is 19.2 Å². The van der Waals surface area contributed by atoms with Gasteiger partial charge in [-0.15, -0.1) is 0 Å². The molecule has 250 valence electrons. The van der Waals surface area contributed by atoms with E-state index in [0.29, 0.717) is 26.4 Å². The third kappa shape index (κ3) is 23.3. The first-order valence-corrected chi connectivity index (χ1v) is 16.6. The van der Waals surface area contributed by atoms with Crippen LogP contribution in [0.1, 0.15) is 139 Å². The predicted molar refractivity (Wildman–Crippen MR) is 174 cm³/mol. The van der Waals surface area contributed by atoms with E-state index in [2.05, 4.69) is 27.7 Å². The van der Waals surface area contributed by atoms with Gasteiger partial charge in [-0.05, 0) is 49.7 Å². The number of hydrogen-bond acceptors (Lipinski definition) is 8. The Morgan fingerprint density at radius 3 is 1.25 bits per heavy atom. The van der Waals surface area contributed by atoms with Crippen LogP contribution >= 0.6 is 0 Å². The molecule has 0 saturated carbocycles. The van der Waals surface area contributed by atoms with E-state index in [-0.39, 0.29) is 11.1 Å². The molecule has 8 nitrogen and oxygen atoms in total. The molecule has 0 saturated heterocycles. The SMILES string of the molecule is CC(C)CCCCCOC(=O)/C=C\C(=O)OCCCCCC(C)C.CCCCOC(=O)c1ccccc1C(=O)OCCCC. The number of carbonyl (C=O) groups is 4. The third-order valence-corrected chi connectivity index (χ3v) is 6.52. The minimum absolute atomic E-state index is 0.269. The normalized spacial score (nSPS) is 10.8. The molecule has 0 aliphatic heterocycles. The molecule has 1 aromatic carbocycles. The number of rotatable bonds is 22. The molecule has 0 unspecified atom stereocenters. The maximum absolute atomic E-state index is 11.9. The third-order valence-electron chi connectivity index (χ3n) is 6.52. The lowest BCUT2D eigenvalue weighted by Crippen LogP contribution is -2.14. The molecule has 8 heteroatoms. The van der Waals surface area contributed by atoms with Crippen molar-refractivity contribution in [2.24, 2.45) is 11.8 Å². The van der Waals surface area contributed by atoms with Crippen molar-refractivity contribution in [1.82, 2.24) is 0 Å². The van der Waals surface area contributed by atoms with Crippen molar-refractivity contribution in [2.45, 2.75) is 119 Å². The van der Waals surface area contributed by atoms with Crippen molar-refractivity contribution in [3.63, 3.8) is 0 Å². The molecule has 0 atom stereocenters. The highest BCUT2D eigenvalue weighted by Crippen LogP contribution is 2.13. The zero-order valence-electron chi connectivity index (χ0n) is 28.2. The molecule has 0 spiro atoms. The molecule has 0 heterocycles. The van der Waals surface area contributed by atoms with Gasteiger partial charge in [0, 0.05) is 12.2 Å². The van der Waals surface area contributed by atoms with Gasteiger partial charge < -0.3 is 18.9 Å². The molecular formula is C36H58O8. The van der Waals surface area contributed by atoms with Crippen molar-refractivity contribution in [2.75, 3.05) is 26.4 Å². The topological polar surface area (TPSA) is 105 Å². The number of unbranched alkanes of at least 4 members (excludes halogenated alkanes) is 6. The molecule has 0 bridgehead atoms. The summed E-state index contributed by atoms with van der Waals surface area (Å²) in [6, 6.07) is 6.59. The van der Waals surface area contributed by atoms with E-state index in [1.165, 1.54) is 12.8 Å². The van der Waals surface area contributed by atoms with Crippen LogP contribution in [0.15, 0.2) is 36.4 Å². The van der Waals surface area contributed by atoms with Crippen LogP contribution in [0.4, 0.5) is 0 Å². The minimum Gasteiger partial charge on any atom is -0.463 e. The quantitative estimate of drug-likeness (QED) is 0.0550. The van der Waals surface area contributed by atoms with Gasteiger partial charge in [-0.25, -0.2) is 19.2 Å². The van der Waals surface area contributed by atoms with Crippen LogP contribution in [-0.4, -0.2) is 50.3 Å². The van der Waals surface area contributed by atoms with Crippen molar-refractivity contribution < 1.29 is 38.1 Å². The summed E-state index contributed by atoms with van der Waals surface area (Å²) in [7, 11) is 0. The van der Waals surface area contributed by atoms with Crippen LogP contribution in [0.5, 0.6) is 0 Å². The molecular weight excluding hydrogens is 560 g/mol. The van der Waals surface area contributed by atoms with Gasteiger partial charge in [0.1, 0.15) is 0 Å². The number of ether oxygens (including phenoxy) is 4. The zero-order chi connectivity index (χ0) is 33.0. The molecule has 0 fully saturated rings. The Hall–Kier alpha value is -3.16. The highest BCUT2D eigenvalue weighted by Gasteiger charge is 2.18. The summed E-state index contributed by atoms with van der Waals surface area (Å²) in [4.78, 5) is 46.8. The first-order valence-electron chi connectivity index (χ1n) is 16.6. The molecule has 44 heavy (non-hydrogen) atoms. The maximum Gasteiger partial charge on any atom is 0.339 e. The van der Waals surface area contributed by atoms with Crippen LogP contribution in [0.2, 0.25) is 0 Å². The molecule has 0 aliphatic rings. The van der Waals surface area contributed by atoms with Gasteiger partial charge in [0.05, 0.1) is 37.6 Å². The average Bonchev–Trinajstić information content (AvgIpc) is 2.99. The standard InChI is InChI=1S/C20H36O4.C16H22O4/c1-17(2)11-7-5-9-15-23-19(21)13-14-20(22)24-16-10-6-8-12-18(3)4;1-3-5-11-19-15(17)13-9-7-8-10-14(13)16(18)20-12-6-4-2/h13-14,17-18H,5-12,15-16H2,1-4H3;7-10H,3-6,11-12H2,1-2H3/b14-13-;. The lowest BCUT2D eigenvalue weighted by Gasteiger charge is -2.09. The zero-order valence-corrected chi connectivity index (χ0v) is 28.2. The van der Waals surface area contributed by atoms with E-state index in [1.54, 1.807) is 24.3 Å². The molecule has 0 N–H and O–H groups in total. The summed E-state index contributed by atoms with van der Waals surface area (Å²) in [5, 5.41) is 0. The molecule has 0 amide bonds. The lowest BCUT2D eigenvalue weighted by molar-refractivity contribution is -0.140. The number of carbonyl (C=O) groups excluding carboxylic acids is 4. The molecule has 0 aromatic heterocycles. The number of benzene rings is 1. The average molecular weight is 619 g/mol. The van der Waals surface area contributed by atoms with Gasteiger partial charge in [0.15, 0.2) is 0 Å². The Morgan fingerprint density at radius 2 is 0.909 bits per heavy atom. The molecule has 1 aromatic rings. The van der Waals surface area contributed by atoms with Crippen molar-refractivity contribution in [3.8, 4) is 0 Å². The first kappa shape index (κ1) is 40.8. The van der Waals surface area contributed by atoms with Gasteiger partial charge in [-0.3, -0.25) is 0 Å². The lowest BCUT2D eigenvalue weighted by atomic mass is 10.1. The van der Waals surface area contributed by atoms with Crippen LogP contribution in [-0.2, 0) is 28.5 Å². The smallest absolute Gasteiger partial charge is 0.339 e. The summed E-state index contributed by atoms with van der Waals surface area (Å²) in [5.74, 6) is -0.461. The Morgan fingerprint density at radius 1 is 0.545 bits per heavy atom. The van der Waals surface area contributed by atoms with E-state index in [0.717, 1.165) is 88.2 Å². The molecule has 0 aliphatic carbocycles. The van der Waals surface area contributed by atoms with Crippen molar-refractivity contribution >= 4 is 23.9 Å². The Bertz CT molecular complexity index is 876. The van der Waals surface area contributed by atoms with Gasteiger partial charge in [-0.1, -0.05) is 105 Å². The van der Waals surface area contributed by atoms with E-state index < -0.39 is 23.9 Å². The highest BCUT2D eigenvalue weighted by atomic mass is 16.5. The Kier molecular flexibility index (Phi) is 25.4. The second-order valence-electron chi connectivity index (χ2n) is 11.7. The Labute approximate surface area is 266 Å². The van der Waals surface area contributed by atoms with Crippen LogP contribution in [0.3, 0.4) is 0 Å². The van der Waals surface area contributed by atoms with Crippen LogP contribution in [0.25, 0.3) is 0 Å². The van der Waals surface area contributed by atoms with Gasteiger partial charge in [-0.2, -0.15) is 0 Å². The van der Waals surface area contributed by atoms with Crippen molar-refractivity contribution in [3.05, 3.63) is 47.5 Å². The van der Waals surface area contributed by atoms with E-state index >= 15 is 0 Å². The number of hydrogen-bond donors (Lipinski definition) is 0.